The summed E-state index contributed by atoms with van der Waals surface area (Å²) in [5, 5.41) is 0. The molecular weight excluding hydrogens is 328 g/mol. The second kappa shape index (κ2) is 4.99. The minimum absolute atomic E-state index is 0.0669. The monoisotopic (exact) mass is 342 g/mol. The molecule has 0 saturated heterocycles. The number of hydrogen-bond acceptors (Lipinski definition) is 2. The highest BCUT2D eigenvalue weighted by molar-refractivity contribution is 9.10. The van der Waals surface area contributed by atoms with Crippen LogP contribution in [-0.2, 0) is 24.1 Å². The predicted molar refractivity (Wildman–Crippen MR) is 84.9 cm³/mol. The second-order valence-corrected chi connectivity index (χ2v) is 6.67. The molecule has 1 aliphatic carbocycles. The minimum atomic E-state index is 0.0669. The van der Waals surface area contributed by atoms with E-state index in [-0.39, 0.29) is 5.92 Å². The maximum absolute atomic E-state index is 12.6. The molecular formula is C18H15BrO2. The van der Waals surface area contributed by atoms with Crippen molar-refractivity contribution in [2.24, 2.45) is 0 Å². The van der Waals surface area contributed by atoms with Gasteiger partial charge in [0, 0.05) is 28.8 Å². The standard InChI is InChI=1S/C18H15BrO2/c19-14-7-12-5-6-21-18(12)13(8-14)10-17(20)16-9-11-3-1-2-4-15(11)16/h1-4,7-8,16H,5-6,9-10H2. The van der Waals surface area contributed by atoms with Crippen LogP contribution in [0.15, 0.2) is 40.9 Å². The molecule has 3 heteroatoms. The van der Waals surface area contributed by atoms with E-state index >= 15 is 0 Å². The van der Waals surface area contributed by atoms with Gasteiger partial charge in [-0.1, -0.05) is 40.2 Å². The van der Waals surface area contributed by atoms with Crippen LogP contribution in [0, 0.1) is 0 Å². The zero-order valence-corrected chi connectivity index (χ0v) is 13.2. The smallest absolute Gasteiger partial charge is 0.145 e. The fourth-order valence-electron chi connectivity index (χ4n) is 3.33. The maximum atomic E-state index is 12.6. The molecule has 2 aromatic rings. The van der Waals surface area contributed by atoms with Crippen molar-refractivity contribution >= 4 is 21.7 Å². The van der Waals surface area contributed by atoms with Gasteiger partial charge >= 0.3 is 0 Å². The van der Waals surface area contributed by atoms with E-state index in [1.54, 1.807) is 0 Å². The van der Waals surface area contributed by atoms with E-state index in [0.717, 1.165) is 35.2 Å². The fraction of sp³-hybridized carbons (Fsp3) is 0.278. The molecule has 1 atom stereocenters. The average Bonchev–Trinajstić information content (AvgIpc) is 2.88. The highest BCUT2D eigenvalue weighted by atomic mass is 79.9. The van der Waals surface area contributed by atoms with Crippen LogP contribution < -0.4 is 4.74 Å². The zero-order chi connectivity index (χ0) is 14.4. The van der Waals surface area contributed by atoms with Crippen molar-refractivity contribution in [1.82, 2.24) is 0 Å². The van der Waals surface area contributed by atoms with Crippen LogP contribution in [0.25, 0.3) is 0 Å². The van der Waals surface area contributed by atoms with Crippen molar-refractivity contribution in [1.29, 1.82) is 0 Å². The molecule has 0 aromatic heterocycles. The number of fused-ring (bicyclic) bond motifs is 2. The molecule has 1 unspecified atom stereocenters. The van der Waals surface area contributed by atoms with Crippen molar-refractivity contribution in [2.45, 2.75) is 25.2 Å². The second-order valence-electron chi connectivity index (χ2n) is 5.75. The molecule has 0 spiro atoms. The van der Waals surface area contributed by atoms with Gasteiger partial charge in [0.25, 0.3) is 0 Å². The van der Waals surface area contributed by atoms with Gasteiger partial charge in [-0.2, -0.15) is 0 Å². The largest absolute Gasteiger partial charge is 0.493 e. The number of ketones is 1. The Morgan fingerprint density at radius 2 is 2.10 bits per heavy atom. The normalized spacial score (nSPS) is 18.4. The summed E-state index contributed by atoms with van der Waals surface area (Å²) >= 11 is 3.53. The molecule has 0 amide bonds. The van der Waals surface area contributed by atoms with E-state index in [1.165, 1.54) is 16.7 Å². The van der Waals surface area contributed by atoms with Crippen LogP contribution in [0.5, 0.6) is 5.75 Å². The van der Waals surface area contributed by atoms with Crippen molar-refractivity contribution in [3.8, 4) is 5.75 Å². The first kappa shape index (κ1) is 13.1. The van der Waals surface area contributed by atoms with Gasteiger partial charge in [-0.15, -0.1) is 0 Å². The summed E-state index contributed by atoms with van der Waals surface area (Å²) in [6.45, 7) is 0.721. The summed E-state index contributed by atoms with van der Waals surface area (Å²) in [6, 6.07) is 12.3. The van der Waals surface area contributed by atoms with E-state index in [1.807, 2.05) is 18.2 Å². The lowest BCUT2D eigenvalue weighted by Crippen LogP contribution is -2.26. The lowest BCUT2D eigenvalue weighted by Gasteiger charge is -2.29. The topological polar surface area (TPSA) is 26.3 Å². The van der Waals surface area contributed by atoms with Crippen LogP contribution in [0.3, 0.4) is 0 Å². The van der Waals surface area contributed by atoms with Crippen LogP contribution in [0.1, 0.15) is 28.2 Å². The van der Waals surface area contributed by atoms with Crippen LogP contribution in [0.2, 0.25) is 0 Å². The van der Waals surface area contributed by atoms with Crippen molar-refractivity contribution in [3.05, 3.63) is 63.1 Å². The van der Waals surface area contributed by atoms with Crippen LogP contribution in [0.4, 0.5) is 0 Å². The molecule has 21 heavy (non-hydrogen) atoms. The highest BCUT2D eigenvalue weighted by Crippen LogP contribution is 2.38. The number of carbonyl (C=O) groups is 1. The van der Waals surface area contributed by atoms with Gasteiger partial charge in [0.15, 0.2) is 0 Å². The third kappa shape index (κ3) is 2.20. The van der Waals surface area contributed by atoms with Gasteiger partial charge in [-0.3, -0.25) is 4.79 Å². The summed E-state index contributed by atoms with van der Waals surface area (Å²) in [5.74, 6) is 1.29. The molecule has 106 valence electrons. The van der Waals surface area contributed by atoms with Crippen LogP contribution >= 0.6 is 15.9 Å². The lowest BCUT2D eigenvalue weighted by atomic mass is 9.74. The molecule has 4 rings (SSSR count). The first-order valence-corrected chi connectivity index (χ1v) is 8.06. The SMILES string of the molecule is O=C(Cc1cc(Br)cc2c1OCC2)C1Cc2ccccc21. The van der Waals surface area contributed by atoms with E-state index in [0.29, 0.717) is 12.2 Å². The van der Waals surface area contributed by atoms with Gasteiger partial charge in [-0.05, 0) is 35.2 Å². The fourth-order valence-corrected chi connectivity index (χ4v) is 3.89. The molecule has 2 aliphatic rings. The number of rotatable bonds is 3. The van der Waals surface area contributed by atoms with Gasteiger partial charge in [0.1, 0.15) is 11.5 Å². The Balaban J connectivity index is 1.59. The number of carbonyl (C=O) groups excluding carboxylic acids is 1. The number of benzene rings is 2. The first-order chi connectivity index (χ1) is 10.2. The number of Topliss-reactive ketones (excluding diaryl/α,β-unsaturated/α-hetero) is 1. The quantitative estimate of drug-likeness (QED) is 0.847. The van der Waals surface area contributed by atoms with Gasteiger partial charge in [0.05, 0.1) is 6.61 Å². The lowest BCUT2D eigenvalue weighted by molar-refractivity contribution is -0.120. The van der Waals surface area contributed by atoms with Gasteiger partial charge in [-0.25, -0.2) is 0 Å². The summed E-state index contributed by atoms with van der Waals surface area (Å²) in [4.78, 5) is 12.6. The summed E-state index contributed by atoms with van der Waals surface area (Å²) in [7, 11) is 0. The van der Waals surface area contributed by atoms with E-state index in [2.05, 4.69) is 34.1 Å². The first-order valence-electron chi connectivity index (χ1n) is 7.27. The molecule has 1 heterocycles. The molecule has 0 bridgehead atoms. The van der Waals surface area contributed by atoms with Crippen molar-refractivity contribution in [3.63, 3.8) is 0 Å². The van der Waals surface area contributed by atoms with Crippen LogP contribution in [-0.4, -0.2) is 12.4 Å². The Kier molecular flexibility index (Phi) is 3.11. The Bertz CT molecular complexity index is 736. The van der Waals surface area contributed by atoms with Gasteiger partial charge < -0.3 is 4.74 Å². The number of hydrogen-bond donors (Lipinski definition) is 0. The third-order valence-electron chi connectivity index (χ3n) is 4.43. The Labute approximate surface area is 132 Å². The summed E-state index contributed by atoms with van der Waals surface area (Å²) in [5.41, 5.74) is 4.74. The molecule has 1 aliphatic heterocycles. The van der Waals surface area contributed by atoms with Gasteiger partial charge in [0.2, 0.25) is 0 Å². The predicted octanol–water partition coefficient (Wildman–Crippen LogP) is 3.84. The third-order valence-corrected chi connectivity index (χ3v) is 4.89. The molecule has 2 nitrogen and oxygen atoms in total. The Morgan fingerprint density at radius 3 is 2.95 bits per heavy atom. The Hall–Kier alpha value is -1.61. The molecule has 2 aromatic carbocycles. The van der Waals surface area contributed by atoms with E-state index in [4.69, 9.17) is 4.74 Å². The Morgan fingerprint density at radius 1 is 1.24 bits per heavy atom. The molecule has 0 saturated carbocycles. The highest BCUT2D eigenvalue weighted by Gasteiger charge is 2.32. The minimum Gasteiger partial charge on any atom is -0.493 e. The molecule has 0 N–H and O–H groups in total. The average molecular weight is 343 g/mol. The number of ether oxygens (including phenoxy) is 1. The number of halogens is 1. The summed E-state index contributed by atoms with van der Waals surface area (Å²) < 4.78 is 6.74. The van der Waals surface area contributed by atoms with E-state index < -0.39 is 0 Å². The zero-order valence-electron chi connectivity index (χ0n) is 11.6. The maximum Gasteiger partial charge on any atom is 0.145 e. The molecule has 0 radical (unpaired) electrons. The summed E-state index contributed by atoms with van der Waals surface area (Å²) in [6.07, 6.45) is 2.27. The molecule has 0 fully saturated rings. The van der Waals surface area contributed by atoms with Crippen molar-refractivity contribution < 1.29 is 9.53 Å². The van der Waals surface area contributed by atoms with Crippen molar-refractivity contribution in [2.75, 3.05) is 6.61 Å². The van der Waals surface area contributed by atoms with E-state index in [9.17, 15) is 4.79 Å².